The summed E-state index contributed by atoms with van der Waals surface area (Å²) in [5.74, 6) is 0.0603. The fraction of sp³-hybridized carbons (Fsp3) is 0.353. The van der Waals surface area contributed by atoms with Gasteiger partial charge in [-0.15, -0.1) is 0 Å². The van der Waals surface area contributed by atoms with Crippen molar-refractivity contribution in [1.82, 2.24) is 19.4 Å². The summed E-state index contributed by atoms with van der Waals surface area (Å²) < 4.78 is 8.49. The number of carbonyl (C=O) groups excluding carboxylic acids is 1. The summed E-state index contributed by atoms with van der Waals surface area (Å²) in [5, 5.41) is 5.57. The molecular weight excluding hydrogens is 322 g/mol. The smallest absolute Gasteiger partial charge is 0.408 e. The van der Waals surface area contributed by atoms with Crippen LogP contribution in [0.5, 0.6) is 0 Å². The molecule has 3 aromatic rings. The predicted octanol–water partition coefficient (Wildman–Crippen LogP) is 2.31. The molecular formula is C17H21N5O3. The van der Waals surface area contributed by atoms with Gasteiger partial charge >= 0.3 is 11.8 Å². The molecule has 2 aromatic heterocycles. The number of rotatable bonds is 5. The van der Waals surface area contributed by atoms with E-state index >= 15 is 0 Å². The summed E-state index contributed by atoms with van der Waals surface area (Å²) in [5.41, 5.74) is 2.63. The Morgan fingerprint density at radius 1 is 1.36 bits per heavy atom. The number of oxazole rings is 1. The Morgan fingerprint density at radius 2 is 2.16 bits per heavy atom. The third-order valence-electron chi connectivity index (χ3n) is 3.84. The summed E-state index contributed by atoms with van der Waals surface area (Å²) in [4.78, 5) is 27.8. The maximum Gasteiger partial charge on any atom is 0.419 e. The summed E-state index contributed by atoms with van der Waals surface area (Å²) in [6.45, 7) is 5.49. The number of urea groups is 1. The minimum absolute atomic E-state index is 0.329. The van der Waals surface area contributed by atoms with Gasteiger partial charge in [-0.2, -0.15) is 0 Å². The molecule has 0 spiro atoms. The lowest BCUT2D eigenvalue weighted by atomic mass is 10.2. The molecule has 8 heteroatoms. The number of anilines is 1. The largest absolute Gasteiger partial charge is 0.419 e. The van der Waals surface area contributed by atoms with Crippen LogP contribution in [0.1, 0.15) is 19.5 Å². The minimum Gasteiger partial charge on any atom is -0.408 e. The van der Waals surface area contributed by atoms with Crippen LogP contribution < -0.4 is 16.4 Å². The van der Waals surface area contributed by atoms with Gasteiger partial charge in [-0.05, 0) is 24.1 Å². The number of fused-ring (bicyclic) bond motifs is 1. The molecule has 0 aliphatic heterocycles. The first-order valence-electron chi connectivity index (χ1n) is 8.07. The van der Waals surface area contributed by atoms with Gasteiger partial charge in [-0.1, -0.05) is 13.8 Å². The van der Waals surface area contributed by atoms with Crippen molar-refractivity contribution in [2.45, 2.75) is 26.9 Å². The molecule has 8 nitrogen and oxygen atoms in total. The van der Waals surface area contributed by atoms with Crippen LogP contribution in [0.25, 0.3) is 11.1 Å². The molecule has 0 aliphatic rings. The Kier molecular flexibility index (Phi) is 4.60. The zero-order valence-corrected chi connectivity index (χ0v) is 14.4. The van der Waals surface area contributed by atoms with E-state index in [0.717, 1.165) is 12.2 Å². The van der Waals surface area contributed by atoms with E-state index in [4.69, 9.17) is 4.42 Å². The fourth-order valence-corrected chi connectivity index (χ4v) is 2.60. The van der Waals surface area contributed by atoms with E-state index in [1.165, 1.54) is 4.57 Å². The van der Waals surface area contributed by atoms with E-state index in [2.05, 4.69) is 29.5 Å². The molecule has 3 rings (SSSR count). The summed E-state index contributed by atoms with van der Waals surface area (Å²) in [6, 6.07) is 4.71. The SMILES string of the molecule is CC(C)Cn1cncc1CNC(=O)Nc1ccc2oc(=O)n(C)c2c1. The average molecular weight is 343 g/mol. The van der Waals surface area contributed by atoms with E-state index in [0.29, 0.717) is 29.2 Å². The number of hydrogen-bond acceptors (Lipinski definition) is 4. The Balaban J connectivity index is 1.64. The van der Waals surface area contributed by atoms with Gasteiger partial charge in [-0.25, -0.2) is 14.6 Å². The van der Waals surface area contributed by atoms with Crippen LogP contribution in [-0.4, -0.2) is 20.1 Å². The number of nitrogens with one attached hydrogen (secondary N) is 2. The van der Waals surface area contributed by atoms with Crippen molar-refractivity contribution in [3.8, 4) is 0 Å². The van der Waals surface area contributed by atoms with Crippen LogP contribution in [0.15, 0.2) is 39.9 Å². The molecule has 0 saturated carbocycles. The van der Waals surface area contributed by atoms with Crippen molar-refractivity contribution in [2.75, 3.05) is 5.32 Å². The second-order valence-corrected chi connectivity index (χ2v) is 6.35. The topological polar surface area (TPSA) is 94.1 Å². The standard InChI is InChI=1S/C17H21N5O3/c1-11(2)9-22-10-18-7-13(22)8-19-16(23)20-12-4-5-15-14(6-12)21(3)17(24)25-15/h4-7,10-11H,8-9H2,1-3H3,(H2,19,20,23). The molecule has 0 bridgehead atoms. The Bertz CT molecular complexity index is 951. The molecule has 0 radical (unpaired) electrons. The van der Waals surface area contributed by atoms with Gasteiger partial charge in [0, 0.05) is 25.5 Å². The van der Waals surface area contributed by atoms with Gasteiger partial charge in [0.05, 0.1) is 24.1 Å². The molecule has 0 unspecified atom stereocenters. The van der Waals surface area contributed by atoms with E-state index < -0.39 is 5.76 Å². The number of nitrogens with zero attached hydrogens (tertiary/aromatic N) is 3. The van der Waals surface area contributed by atoms with Gasteiger partial charge in [0.15, 0.2) is 5.58 Å². The second kappa shape index (κ2) is 6.84. The number of aryl methyl sites for hydroxylation is 1. The van der Waals surface area contributed by atoms with Crippen molar-refractivity contribution in [2.24, 2.45) is 13.0 Å². The van der Waals surface area contributed by atoms with Gasteiger partial charge in [0.2, 0.25) is 0 Å². The van der Waals surface area contributed by atoms with Crippen LogP contribution in [0, 0.1) is 5.92 Å². The molecule has 0 saturated heterocycles. The first kappa shape index (κ1) is 16.8. The number of benzene rings is 1. The lowest BCUT2D eigenvalue weighted by Crippen LogP contribution is -2.29. The fourth-order valence-electron chi connectivity index (χ4n) is 2.60. The van der Waals surface area contributed by atoms with Gasteiger partial charge in [0.25, 0.3) is 0 Å². The predicted molar refractivity (Wildman–Crippen MR) is 94.4 cm³/mol. The van der Waals surface area contributed by atoms with Crippen LogP contribution >= 0.6 is 0 Å². The van der Waals surface area contributed by atoms with Crippen molar-refractivity contribution >= 4 is 22.8 Å². The third kappa shape index (κ3) is 3.73. The number of carbonyl (C=O) groups is 1. The monoisotopic (exact) mass is 343 g/mol. The number of imidazole rings is 1. The molecule has 25 heavy (non-hydrogen) atoms. The highest BCUT2D eigenvalue weighted by Crippen LogP contribution is 2.17. The minimum atomic E-state index is -0.435. The van der Waals surface area contributed by atoms with Crippen molar-refractivity contribution in [3.63, 3.8) is 0 Å². The molecule has 132 valence electrons. The quantitative estimate of drug-likeness (QED) is 0.743. The van der Waals surface area contributed by atoms with Crippen LogP contribution in [0.4, 0.5) is 10.5 Å². The van der Waals surface area contributed by atoms with Gasteiger partial charge in [-0.3, -0.25) is 4.57 Å². The normalized spacial score (nSPS) is 11.2. The van der Waals surface area contributed by atoms with Gasteiger partial charge in [0.1, 0.15) is 0 Å². The van der Waals surface area contributed by atoms with Crippen LogP contribution in [0.3, 0.4) is 0 Å². The first-order valence-corrected chi connectivity index (χ1v) is 8.07. The van der Waals surface area contributed by atoms with Crippen molar-refractivity contribution in [1.29, 1.82) is 0 Å². The van der Waals surface area contributed by atoms with E-state index in [-0.39, 0.29) is 6.03 Å². The van der Waals surface area contributed by atoms with Crippen molar-refractivity contribution in [3.05, 3.63) is 47.0 Å². The Hall–Kier alpha value is -3.03. The molecule has 2 amide bonds. The zero-order valence-electron chi connectivity index (χ0n) is 14.4. The van der Waals surface area contributed by atoms with Crippen LogP contribution in [-0.2, 0) is 20.1 Å². The van der Waals surface area contributed by atoms with Crippen molar-refractivity contribution < 1.29 is 9.21 Å². The molecule has 1 aromatic carbocycles. The molecule has 2 heterocycles. The average Bonchev–Trinajstić information content (AvgIpc) is 3.10. The first-order chi connectivity index (χ1) is 11.9. The zero-order chi connectivity index (χ0) is 18.0. The molecule has 0 aliphatic carbocycles. The summed E-state index contributed by atoms with van der Waals surface area (Å²) in [6.07, 6.45) is 3.51. The Morgan fingerprint density at radius 3 is 2.92 bits per heavy atom. The maximum atomic E-state index is 12.1. The number of amides is 2. The highest BCUT2D eigenvalue weighted by Gasteiger charge is 2.09. The number of aromatic nitrogens is 3. The van der Waals surface area contributed by atoms with E-state index in [1.54, 1.807) is 37.8 Å². The summed E-state index contributed by atoms with van der Waals surface area (Å²) >= 11 is 0. The number of hydrogen-bond donors (Lipinski definition) is 2. The van der Waals surface area contributed by atoms with Crippen LogP contribution in [0.2, 0.25) is 0 Å². The Labute approximate surface area is 144 Å². The van der Waals surface area contributed by atoms with E-state index in [9.17, 15) is 9.59 Å². The third-order valence-corrected chi connectivity index (χ3v) is 3.84. The highest BCUT2D eigenvalue weighted by molar-refractivity contribution is 5.91. The summed E-state index contributed by atoms with van der Waals surface area (Å²) in [7, 11) is 1.62. The molecule has 0 atom stereocenters. The van der Waals surface area contributed by atoms with Gasteiger partial charge < -0.3 is 19.6 Å². The molecule has 2 N–H and O–H groups in total. The lowest BCUT2D eigenvalue weighted by Gasteiger charge is -2.12. The molecule has 0 fully saturated rings. The van der Waals surface area contributed by atoms with E-state index in [1.807, 2.05) is 4.57 Å². The lowest BCUT2D eigenvalue weighted by molar-refractivity contribution is 0.251. The highest BCUT2D eigenvalue weighted by atomic mass is 16.4. The second-order valence-electron chi connectivity index (χ2n) is 6.35. The maximum absolute atomic E-state index is 12.1.